The fourth-order valence-corrected chi connectivity index (χ4v) is 2.30. The molecule has 2 rings (SSSR count). The van der Waals surface area contributed by atoms with Crippen molar-refractivity contribution in [3.63, 3.8) is 0 Å². The van der Waals surface area contributed by atoms with Gasteiger partial charge in [-0.05, 0) is 18.1 Å². The van der Waals surface area contributed by atoms with Crippen LogP contribution in [0.5, 0.6) is 0 Å². The third-order valence-corrected chi connectivity index (χ3v) is 3.43. The lowest BCUT2D eigenvalue weighted by molar-refractivity contribution is 0.271. The van der Waals surface area contributed by atoms with E-state index in [1.807, 2.05) is 23.1 Å². The Kier molecular flexibility index (Phi) is 5.84. The number of rotatable bonds is 7. The highest BCUT2D eigenvalue weighted by molar-refractivity contribution is 5.19. The van der Waals surface area contributed by atoms with Gasteiger partial charge in [0.2, 0.25) is 0 Å². The van der Waals surface area contributed by atoms with E-state index in [1.54, 1.807) is 6.07 Å². The van der Waals surface area contributed by atoms with Gasteiger partial charge in [-0.3, -0.25) is 4.90 Å². The summed E-state index contributed by atoms with van der Waals surface area (Å²) < 4.78 is 27.0. The van der Waals surface area contributed by atoms with E-state index in [9.17, 15) is 8.78 Å². The van der Waals surface area contributed by atoms with Gasteiger partial charge in [0.05, 0.1) is 0 Å². The largest absolute Gasteiger partial charge is 0.329 e. The van der Waals surface area contributed by atoms with Crippen LogP contribution in [0.15, 0.2) is 48.5 Å². The number of nitrogens with zero attached hydrogens (tertiary/aromatic N) is 1. The maximum absolute atomic E-state index is 13.7. The molecule has 0 aliphatic heterocycles. The minimum atomic E-state index is -0.803. The van der Waals surface area contributed by atoms with E-state index in [2.05, 4.69) is 12.1 Å². The molecule has 112 valence electrons. The highest BCUT2D eigenvalue weighted by Gasteiger charge is 2.12. The summed E-state index contributed by atoms with van der Waals surface area (Å²) in [6.07, 6.45) is 0.859. The van der Waals surface area contributed by atoms with Gasteiger partial charge in [0.1, 0.15) is 0 Å². The lowest BCUT2D eigenvalue weighted by Gasteiger charge is -2.22. The Bertz CT molecular complexity index is 558. The highest BCUT2D eigenvalue weighted by Crippen LogP contribution is 2.14. The summed E-state index contributed by atoms with van der Waals surface area (Å²) in [7, 11) is 0. The Balaban J connectivity index is 2.00. The summed E-state index contributed by atoms with van der Waals surface area (Å²) in [5.41, 5.74) is 7.20. The first kappa shape index (κ1) is 15.6. The van der Waals surface area contributed by atoms with Crippen LogP contribution >= 0.6 is 0 Å². The first-order valence-corrected chi connectivity index (χ1v) is 7.10. The van der Waals surface area contributed by atoms with Crippen LogP contribution in [0.25, 0.3) is 0 Å². The Morgan fingerprint density at radius 2 is 1.67 bits per heavy atom. The molecule has 0 fully saturated rings. The van der Waals surface area contributed by atoms with Crippen LogP contribution in [0, 0.1) is 11.6 Å². The second-order valence-corrected chi connectivity index (χ2v) is 5.01. The van der Waals surface area contributed by atoms with Gasteiger partial charge in [-0.2, -0.15) is 0 Å². The van der Waals surface area contributed by atoms with Crippen molar-refractivity contribution < 1.29 is 8.78 Å². The highest BCUT2D eigenvalue weighted by atomic mass is 19.2. The molecular formula is C17H20F2N2. The van der Waals surface area contributed by atoms with Crippen LogP contribution in [0.2, 0.25) is 0 Å². The first-order chi connectivity index (χ1) is 10.2. The minimum Gasteiger partial charge on any atom is -0.329 e. The number of nitrogens with two attached hydrogens (primary N) is 1. The van der Waals surface area contributed by atoms with Crippen LogP contribution in [-0.2, 0) is 13.0 Å². The summed E-state index contributed by atoms with van der Waals surface area (Å²) in [6.45, 7) is 2.28. The molecule has 2 N–H and O–H groups in total. The van der Waals surface area contributed by atoms with Crippen molar-refractivity contribution in [1.82, 2.24) is 4.90 Å². The first-order valence-electron chi connectivity index (χ1n) is 7.10. The predicted octanol–water partition coefficient (Wildman–Crippen LogP) is 2.97. The SMILES string of the molecule is NCCN(CCc1ccccc1)Cc1cccc(F)c1F. The second-order valence-electron chi connectivity index (χ2n) is 5.01. The monoisotopic (exact) mass is 290 g/mol. The molecule has 0 aromatic heterocycles. The zero-order valence-electron chi connectivity index (χ0n) is 11.9. The molecule has 21 heavy (non-hydrogen) atoms. The molecule has 0 bridgehead atoms. The Morgan fingerprint density at radius 1 is 0.905 bits per heavy atom. The number of benzene rings is 2. The van der Waals surface area contributed by atoms with Crippen LogP contribution in [0.4, 0.5) is 8.78 Å². The van der Waals surface area contributed by atoms with Gasteiger partial charge in [0.15, 0.2) is 11.6 Å². The fraction of sp³-hybridized carbons (Fsp3) is 0.294. The maximum Gasteiger partial charge on any atom is 0.163 e. The lowest BCUT2D eigenvalue weighted by Crippen LogP contribution is -2.31. The summed E-state index contributed by atoms with van der Waals surface area (Å²) >= 11 is 0. The van der Waals surface area contributed by atoms with Crippen LogP contribution in [-0.4, -0.2) is 24.5 Å². The van der Waals surface area contributed by atoms with Gasteiger partial charge in [0.25, 0.3) is 0 Å². The summed E-state index contributed by atoms with van der Waals surface area (Å²) in [4.78, 5) is 2.05. The van der Waals surface area contributed by atoms with E-state index < -0.39 is 11.6 Å². The minimum absolute atomic E-state index is 0.369. The Morgan fingerprint density at radius 3 is 2.38 bits per heavy atom. The maximum atomic E-state index is 13.7. The molecule has 2 aromatic carbocycles. The van der Waals surface area contributed by atoms with E-state index in [-0.39, 0.29) is 0 Å². The zero-order chi connectivity index (χ0) is 15.1. The van der Waals surface area contributed by atoms with Gasteiger partial charge in [-0.25, -0.2) is 8.78 Å². The average molecular weight is 290 g/mol. The van der Waals surface area contributed by atoms with Crippen LogP contribution in [0.3, 0.4) is 0 Å². The normalized spacial score (nSPS) is 11.0. The van der Waals surface area contributed by atoms with E-state index >= 15 is 0 Å². The number of halogens is 2. The standard InChI is InChI=1S/C17H20F2N2/c18-16-8-4-7-15(17(16)19)13-21(12-10-20)11-9-14-5-2-1-3-6-14/h1-8H,9-13,20H2. The van der Waals surface area contributed by atoms with E-state index in [4.69, 9.17) is 5.73 Å². The molecule has 0 unspecified atom stereocenters. The van der Waals surface area contributed by atoms with Gasteiger partial charge in [-0.15, -0.1) is 0 Å². The third kappa shape index (κ3) is 4.62. The van der Waals surface area contributed by atoms with Crippen molar-refractivity contribution >= 4 is 0 Å². The Hall–Kier alpha value is -1.78. The predicted molar refractivity (Wildman–Crippen MR) is 80.8 cm³/mol. The number of hydrogen-bond donors (Lipinski definition) is 1. The smallest absolute Gasteiger partial charge is 0.163 e. The zero-order valence-corrected chi connectivity index (χ0v) is 11.9. The van der Waals surface area contributed by atoms with Gasteiger partial charge in [0, 0.05) is 31.7 Å². The van der Waals surface area contributed by atoms with E-state index in [0.717, 1.165) is 19.0 Å². The molecular weight excluding hydrogens is 270 g/mol. The summed E-state index contributed by atoms with van der Waals surface area (Å²) in [5, 5.41) is 0. The van der Waals surface area contributed by atoms with Crippen molar-refractivity contribution in [3.05, 3.63) is 71.3 Å². The molecule has 2 nitrogen and oxygen atoms in total. The molecule has 0 aliphatic rings. The van der Waals surface area contributed by atoms with E-state index in [1.165, 1.54) is 11.6 Å². The van der Waals surface area contributed by atoms with Crippen molar-refractivity contribution in [2.45, 2.75) is 13.0 Å². The van der Waals surface area contributed by atoms with Crippen molar-refractivity contribution in [1.29, 1.82) is 0 Å². The second kappa shape index (κ2) is 7.86. The molecule has 0 aliphatic carbocycles. The molecule has 0 radical (unpaired) electrons. The van der Waals surface area contributed by atoms with Crippen LogP contribution < -0.4 is 5.73 Å². The molecule has 2 aromatic rings. The van der Waals surface area contributed by atoms with E-state index in [0.29, 0.717) is 25.2 Å². The molecule has 0 amide bonds. The third-order valence-electron chi connectivity index (χ3n) is 3.43. The quantitative estimate of drug-likeness (QED) is 0.849. The topological polar surface area (TPSA) is 29.3 Å². The van der Waals surface area contributed by atoms with Gasteiger partial charge in [-0.1, -0.05) is 42.5 Å². The molecule has 4 heteroatoms. The van der Waals surface area contributed by atoms with Gasteiger partial charge < -0.3 is 5.73 Å². The van der Waals surface area contributed by atoms with Gasteiger partial charge >= 0.3 is 0 Å². The van der Waals surface area contributed by atoms with Crippen molar-refractivity contribution in [2.75, 3.05) is 19.6 Å². The molecule has 0 spiro atoms. The average Bonchev–Trinajstić information content (AvgIpc) is 2.50. The van der Waals surface area contributed by atoms with Crippen molar-refractivity contribution in [2.24, 2.45) is 5.73 Å². The van der Waals surface area contributed by atoms with Crippen LogP contribution in [0.1, 0.15) is 11.1 Å². The van der Waals surface area contributed by atoms with Crippen molar-refractivity contribution in [3.8, 4) is 0 Å². The number of hydrogen-bond acceptors (Lipinski definition) is 2. The Labute approximate surface area is 124 Å². The molecule has 0 atom stereocenters. The lowest BCUT2D eigenvalue weighted by atomic mass is 10.1. The molecule has 0 saturated heterocycles. The summed E-state index contributed by atoms with van der Waals surface area (Å²) in [6, 6.07) is 14.4. The fourth-order valence-electron chi connectivity index (χ4n) is 2.30. The molecule has 0 heterocycles. The molecule has 0 saturated carbocycles. The summed E-state index contributed by atoms with van der Waals surface area (Å²) in [5.74, 6) is -1.57.